The van der Waals surface area contributed by atoms with Crippen molar-refractivity contribution in [3.05, 3.63) is 87.1 Å². The Morgan fingerprint density at radius 2 is 1.84 bits per heavy atom. The molecule has 0 spiro atoms. The first-order valence-electron chi connectivity index (χ1n) is 10.7. The molecule has 0 unspecified atom stereocenters. The quantitative estimate of drug-likeness (QED) is 0.446. The number of thiophene rings is 1. The molecule has 5 nitrogen and oxygen atoms in total. The van der Waals surface area contributed by atoms with Crippen molar-refractivity contribution in [1.82, 2.24) is 9.80 Å². The molecule has 0 aliphatic heterocycles. The zero-order valence-corrected chi connectivity index (χ0v) is 19.5. The summed E-state index contributed by atoms with van der Waals surface area (Å²) in [6, 6.07) is 18.9. The lowest BCUT2D eigenvalue weighted by atomic mass is 10.2. The van der Waals surface area contributed by atoms with Crippen molar-refractivity contribution in [2.75, 3.05) is 11.9 Å². The molecule has 4 rings (SSSR count). The van der Waals surface area contributed by atoms with Crippen molar-refractivity contribution in [1.29, 1.82) is 0 Å². The van der Waals surface area contributed by atoms with Gasteiger partial charge in [-0.05, 0) is 60.5 Å². The van der Waals surface area contributed by atoms with Gasteiger partial charge in [-0.1, -0.05) is 48.0 Å². The van der Waals surface area contributed by atoms with Crippen LogP contribution in [0.4, 0.5) is 10.5 Å². The third kappa shape index (κ3) is 5.90. The summed E-state index contributed by atoms with van der Waals surface area (Å²) in [5.41, 5.74) is 2.87. The molecule has 0 radical (unpaired) electrons. The smallest absolute Gasteiger partial charge is 0.322 e. The number of nitrogens with zero attached hydrogens (tertiary/aromatic N) is 2. The van der Waals surface area contributed by atoms with Gasteiger partial charge >= 0.3 is 6.03 Å². The van der Waals surface area contributed by atoms with Crippen LogP contribution in [-0.2, 0) is 17.9 Å². The van der Waals surface area contributed by atoms with E-state index < -0.39 is 0 Å². The Labute approximate surface area is 197 Å². The van der Waals surface area contributed by atoms with Crippen LogP contribution < -0.4 is 5.32 Å². The van der Waals surface area contributed by atoms with Gasteiger partial charge in [0, 0.05) is 28.2 Å². The predicted octanol–water partition coefficient (Wildman–Crippen LogP) is 5.94. The summed E-state index contributed by atoms with van der Waals surface area (Å²) in [6.07, 6.45) is 1.83. The largest absolute Gasteiger partial charge is 0.332 e. The number of halogens is 1. The van der Waals surface area contributed by atoms with Crippen molar-refractivity contribution in [2.24, 2.45) is 0 Å². The fourth-order valence-electron chi connectivity index (χ4n) is 3.54. The third-order valence-corrected chi connectivity index (χ3v) is 6.74. The number of anilines is 1. The molecule has 3 aromatic rings. The average Bonchev–Trinajstić information content (AvgIpc) is 3.54. The summed E-state index contributed by atoms with van der Waals surface area (Å²) in [7, 11) is 0. The van der Waals surface area contributed by atoms with Gasteiger partial charge in [0.1, 0.15) is 6.54 Å². The standard InChI is InChI=1S/C25H26ClN3O2S/c1-18-12-13-32-23(18)16-28(15-19-6-3-2-4-7-19)24(30)17-29(22-10-11-22)25(31)27-21-9-5-8-20(26)14-21/h2-9,12-14,22H,10-11,15-17H2,1H3,(H,27,31). The lowest BCUT2D eigenvalue weighted by Crippen LogP contribution is -2.45. The molecule has 1 aromatic heterocycles. The van der Waals surface area contributed by atoms with Crippen LogP contribution in [0, 0.1) is 6.92 Å². The molecular formula is C25H26ClN3O2S. The van der Waals surface area contributed by atoms with Gasteiger partial charge in [0.2, 0.25) is 5.91 Å². The Hall–Kier alpha value is -2.83. The normalized spacial score (nSPS) is 12.9. The van der Waals surface area contributed by atoms with E-state index in [1.54, 1.807) is 40.5 Å². The van der Waals surface area contributed by atoms with Crippen LogP contribution in [0.2, 0.25) is 5.02 Å². The molecular weight excluding hydrogens is 442 g/mol. The topological polar surface area (TPSA) is 52.7 Å². The molecule has 166 valence electrons. The molecule has 1 aliphatic rings. The van der Waals surface area contributed by atoms with Crippen LogP contribution in [0.15, 0.2) is 66.0 Å². The van der Waals surface area contributed by atoms with Gasteiger partial charge in [0.05, 0.1) is 6.54 Å². The first kappa shape index (κ1) is 22.4. The number of hydrogen-bond donors (Lipinski definition) is 1. The van der Waals surface area contributed by atoms with E-state index in [0.29, 0.717) is 23.8 Å². The number of benzene rings is 2. The minimum absolute atomic E-state index is 0.0499. The summed E-state index contributed by atoms with van der Waals surface area (Å²) in [5.74, 6) is -0.0604. The van der Waals surface area contributed by atoms with E-state index in [4.69, 9.17) is 11.6 Å². The zero-order valence-electron chi connectivity index (χ0n) is 18.0. The molecule has 0 saturated heterocycles. The average molecular weight is 468 g/mol. The van der Waals surface area contributed by atoms with Crippen molar-refractivity contribution < 1.29 is 9.59 Å². The first-order valence-corrected chi connectivity index (χ1v) is 11.9. The van der Waals surface area contributed by atoms with Gasteiger partial charge in [-0.15, -0.1) is 11.3 Å². The molecule has 1 N–H and O–H groups in total. The first-order chi connectivity index (χ1) is 15.5. The number of aryl methyl sites for hydroxylation is 1. The summed E-state index contributed by atoms with van der Waals surface area (Å²) in [5, 5.41) is 5.49. The lowest BCUT2D eigenvalue weighted by Gasteiger charge is -2.28. The number of rotatable bonds is 8. The van der Waals surface area contributed by atoms with Crippen LogP contribution in [0.5, 0.6) is 0 Å². The summed E-state index contributed by atoms with van der Waals surface area (Å²) in [4.78, 5) is 31.1. The Bertz CT molecular complexity index is 1080. The van der Waals surface area contributed by atoms with E-state index in [-0.39, 0.29) is 24.5 Å². The molecule has 3 amide bonds. The minimum atomic E-state index is -0.268. The number of hydrogen-bond acceptors (Lipinski definition) is 3. The van der Waals surface area contributed by atoms with Gasteiger partial charge in [0.25, 0.3) is 0 Å². The van der Waals surface area contributed by atoms with Crippen molar-refractivity contribution >= 4 is 40.6 Å². The SMILES string of the molecule is Cc1ccsc1CN(Cc1ccccc1)C(=O)CN(C(=O)Nc1cccc(Cl)c1)C1CC1. The third-order valence-electron chi connectivity index (χ3n) is 5.50. The van der Waals surface area contributed by atoms with Gasteiger partial charge < -0.3 is 15.1 Å². The zero-order chi connectivity index (χ0) is 22.5. The molecule has 1 aliphatic carbocycles. The van der Waals surface area contributed by atoms with Crippen LogP contribution in [0.3, 0.4) is 0 Å². The summed E-state index contributed by atoms with van der Waals surface area (Å²) in [6.45, 7) is 3.15. The Morgan fingerprint density at radius 1 is 1.06 bits per heavy atom. The molecule has 1 heterocycles. The van der Waals surface area contributed by atoms with Crippen LogP contribution in [0.25, 0.3) is 0 Å². The maximum absolute atomic E-state index is 13.4. The van der Waals surface area contributed by atoms with E-state index in [9.17, 15) is 9.59 Å². The molecule has 1 fully saturated rings. The van der Waals surface area contributed by atoms with E-state index in [1.807, 2.05) is 40.6 Å². The van der Waals surface area contributed by atoms with Crippen LogP contribution in [-0.4, -0.2) is 34.3 Å². The van der Waals surface area contributed by atoms with Crippen LogP contribution >= 0.6 is 22.9 Å². The van der Waals surface area contributed by atoms with Gasteiger partial charge in [0.15, 0.2) is 0 Å². The second kappa shape index (κ2) is 10.2. The Kier molecular flexibility index (Phi) is 7.12. The Balaban J connectivity index is 1.49. The number of nitrogens with one attached hydrogen (secondary N) is 1. The number of urea groups is 1. The van der Waals surface area contributed by atoms with Gasteiger partial charge in [-0.2, -0.15) is 0 Å². The fraction of sp³-hybridized carbons (Fsp3) is 0.280. The molecule has 0 bridgehead atoms. The maximum atomic E-state index is 13.4. The molecule has 32 heavy (non-hydrogen) atoms. The highest BCUT2D eigenvalue weighted by Gasteiger charge is 2.35. The van der Waals surface area contributed by atoms with E-state index in [1.165, 1.54) is 5.56 Å². The van der Waals surface area contributed by atoms with E-state index in [0.717, 1.165) is 23.3 Å². The van der Waals surface area contributed by atoms with Crippen molar-refractivity contribution in [3.8, 4) is 0 Å². The van der Waals surface area contributed by atoms with Gasteiger partial charge in [-0.25, -0.2) is 4.79 Å². The maximum Gasteiger partial charge on any atom is 0.322 e. The number of carbonyl (C=O) groups is 2. The van der Waals surface area contributed by atoms with Gasteiger partial charge in [-0.3, -0.25) is 4.79 Å². The second-order valence-electron chi connectivity index (χ2n) is 8.06. The Morgan fingerprint density at radius 3 is 2.50 bits per heavy atom. The van der Waals surface area contributed by atoms with Crippen LogP contribution in [0.1, 0.15) is 28.8 Å². The number of carbonyl (C=O) groups excluding carboxylic acids is 2. The van der Waals surface area contributed by atoms with E-state index in [2.05, 4.69) is 18.3 Å². The number of amides is 3. The highest BCUT2D eigenvalue weighted by Crippen LogP contribution is 2.28. The molecule has 7 heteroatoms. The molecule has 2 aromatic carbocycles. The predicted molar refractivity (Wildman–Crippen MR) is 130 cm³/mol. The fourth-order valence-corrected chi connectivity index (χ4v) is 4.65. The van der Waals surface area contributed by atoms with Crippen molar-refractivity contribution in [3.63, 3.8) is 0 Å². The molecule has 1 saturated carbocycles. The molecule has 0 atom stereocenters. The second-order valence-corrected chi connectivity index (χ2v) is 9.50. The monoisotopic (exact) mass is 467 g/mol. The highest BCUT2D eigenvalue weighted by atomic mass is 35.5. The summed E-state index contributed by atoms with van der Waals surface area (Å²) < 4.78 is 0. The summed E-state index contributed by atoms with van der Waals surface area (Å²) >= 11 is 7.69. The highest BCUT2D eigenvalue weighted by molar-refractivity contribution is 7.10. The lowest BCUT2D eigenvalue weighted by molar-refractivity contribution is -0.133. The minimum Gasteiger partial charge on any atom is -0.332 e. The van der Waals surface area contributed by atoms with Crippen molar-refractivity contribution in [2.45, 2.75) is 38.9 Å². The van der Waals surface area contributed by atoms with E-state index >= 15 is 0 Å².